The van der Waals surface area contributed by atoms with E-state index >= 15 is 0 Å². The molecule has 19 heteroatoms. The third kappa shape index (κ3) is 21.8. The largest absolute Gasteiger partial charge is 1.00 e. The molecule has 0 saturated heterocycles. The zero-order chi connectivity index (χ0) is 39.3. The summed E-state index contributed by atoms with van der Waals surface area (Å²) in [5, 5.41) is 18.9. The molecule has 9 N–H and O–H groups in total. The number of carbonyl (C=O) groups excluding carboxylic acids is 1. The van der Waals surface area contributed by atoms with Crippen molar-refractivity contribution in [3.05, 3.63) is 141 Å². The van der Waals surface area contributed by atoms with E-state index in [1.807, 2.05) is 99.0 Å². The Morgan fingerprint density at radius 2 is 0.983 bits per heavy atom. The first-order valence-corrected chi connectivity index (χ1v) is 18.6. The Morgan fingerprint density at radius 1 is 0.661 bits per heavy atom. The number of halogens is 3. The van der Waals surface area contributed by atoms with E-state index in [0.29, 0.717) is 13.1 Å². The molecule has 0 bridgehead atoms. The molecule has 0 fully saturated rings. The summed E-state index contributed by atoms with van der Waals surface area (Å²) < 4.78 is 24.0. The first kappa shape index (κ1) is 63.0. The van der Waals surface area contributed by atoms with Gasteiger partial charge in [0.15, 0.2) is 0 Å². The van der Waals surface area contributed by atoms with Crippen molar-refractivity contribution < 1.29 is 133 Å². The predicted molar refractivity (Wildman–Crippen MR) is 229 cm³/mol. The van der Waals surface area contributed by atoms with Crippen LogP contribution in [-0.4, -0.2) is 56.5 Å². The summed E-state index contributed by atoms with van der Waals surface area (Å²) >= 11 is 11.5. The first-order valence-electron chi connectivity index (χ1n) is 16.2. The summed E-state index contributed by atoms with van der Waals surface area (Å²) in [6.07, 6.45) is 1.47. The number of rotatable bonds is 7. The molecular weight excluding hydrogens is 1080 g/mol. The van der Waals surface area contributed by atoms with E-state index in [2.05, 4.69) is 83.2 Å². The van der Waals surface area contributed by atoms with E-state index < -0.39 is 0 Å². The molecular formula is C40H43Br2ClN4Na2O8Y2-. The molecule has 8 rings (SSSR count). The Balaban J connectivity index is -0.000000661. The van der Waals surface area contributed by atoms with E-state index in [1.165, 1.54) is 6.38 Å². The number of alkyl halides is 1. The smallest absolute Gasteiger partial charge is 0.662 e. The fraction of sp³-hybridized carbons (Fsp3) is 0.175. The molecule has 0 spiro atoms. The first-order chi connectivity index (χ1) is 26.3. The Kier molecular flexibility index (Phi) is 38.6. The molecule has 0 atom stereocenters. The van der Waals surface area contributed by atoms with Crippen LogP contribution in [0.2, 0.25) is 0 Å². The van der Waals surface area contributed by atoms with E-state index in [0.717, 1.165) is 89.0 Å². The summed E-state index contributed by atoms with van der Waals surface area (Å²) in [5.74, 6) is 3.57. The molecule has 301 valence electrons. The van der Waals surface area contributed by atoms with E-state index in [-0.39, 0.29) is 136 Å². The van der Waals surface area contributed by atoms with Gasteiger partial charge in [-0.3, -0.25) is 4.79 Å². The van der Waals surface area contributed by atoms with Crippen LogP contribution < -0.4 is 56.9 Å². The second-order valence-electron chi connectivity index (χ2n) is 10.8. The van der Waals surface area contributed by atoms with Crippen molar-refractivity contribution >= 4 is 123 Å². The number of fused-ring (bicyclic) bond motifs is 4. The molecule has 12 nitrogen and oxygen atoms in total. The molecule has 0 saturated carbocycles. The number of carbonyl (C=O) groups is 1. The van der Waals surface area contributed by atoms with Crippen molar-refractivity contribution in [3.63, 3.8) is 0 Å². The minimum Gasteiger partial charge on any atom is -0.662 e. The van der Waals surface area contributed by atoms with E-state index in [1.54, 1.807) is 0 Å². The summed E-state index contributed by atoms with van der Waals surface area (Å²) in [5.41, 5.74) is 14.5. The third-order valence-corrected chi connectivity index (χ3v) is 8.01. The maximum atomic E-state index is 8.64. The van der Waals surface area contributed by atoms with Gasteiger partial charge in [-0.1, -0.05) is 54.8 Å². The van der Waals surface area contributed by atoms with Crippen LogP contribution >= 0.6 is 43.5 Å². The molecule has 0 aliphatic heterocycles. The molecule has 0 aliphatic carbocycles. The fourth-order valence-electron chi connectivity index (χ4n) is 4.82. The molecule has 0 aliphatic rings. The molecule has 3 radical (unpaired) electrons. The van der Waals surface area contributed by atoms with Crippen molar-refractivity contribution in [3.8, 4) is 0 Å². The Hall–Kier alpha value is -0.272. The fourth-order valence-corrected chi connectivity index (χ4v) is 5.58. The number of nitrogens with one attached hydrogen (secondary N) is 2. The average Bonchev–Trinajstić information content (AvgIpc) is 4.00. The number of hydrogen-bond donors (Lipinski definition) is 4. The maximum Gasteiger partial charge on any atom is 1.00 e. The average molecular weight is 1130 g/mol. The van der Waals surface area contributed by atoms with Crippen molar-refractivity contribution in [2.45, 2.75) is 26.2 Å². The van der Waals surface area contributed by atoms with Crippen LogP contribution in [0.1, 0.15) is 23.0 Å². The zero-order valence-electron chi connectivity index (χ0n) is 33.5. The van der Waals surface area contributed by atoms with Crippen molar-refractivity contribution in [1.29, 1.82) is 0 Å². The number of nitrogens with two attached hydrogens (primary N) is 2. The SMILES string of the molecule is CCl.CNCc1cc2c[c-]ccc2o1.CNCc1cc2cc(Br)ccc2o1.NCc1cc2c[c-]ccc2o1.NCc1cc2cc(Br)ccc2o1.O=CO[O-].[Na+].[Na].[OH3+].[Y].[Y]. The Bertz CT molecular complexity index is 2250. The second-order valence-corrected chi connectivity index (χ2v) is 12.6. The molecule has 0 amide bonds. The number of hydrogen-bond acceptors (Lipinski definition) is 11. The monoisotopic (exact) mass is 1120 g/mol. The topological polar surface area (TPSA) is 211 Å². The molecule has 8 aromatic rings. The van der Waals surface area contributed by atoms with E-state index in [9.17, 15) is 0 Å². The summed E-state index contributed by atoms with van der Waals surface area (Å²) in [4.78, 5) is 11.2. The van der Waals surface area contributed by atoms with Crippen molar-refractivity contribution in [2.75, 3.05) is 20.5 Å². The molecule has 0 unspecified atom stereocenters. The van der Waals surface area contributed by atoms with Crippen LogP contribution in [0.5, 0.6) is 0 Å². The molecule has 4 aromatic carbocycles. The van der Waals surface area contributed by atoms with Gasteiger partial charge in [0.25, 0.3) is 6.47 Å². The molecule has 4 aromatic heterocycles. The van der Waals surface area contributed by atoms with Crippen LogP contribution in [0.15, 0.2) is 124 Å². The van der Waals surface area contributed by atoms with Gasteiger partial charge >= 0.3 is 29.6 Å². The van der Waals surface area contributed by atoms with Gasteiger partial charge in [-0.2, -0.15) is 36.4 Å². The van der Waals surface area contributed by atoms with Gasteiger partial charge in [0.2, 0.25) is 0 Å². The molecule has 4 heterocycles. The third-order valence-electron chi connectivity index (χ3n) is 7.03. The van der Waals surface area contributed by atoms with Crippen molar-refractivity contribution in [2.24, 2.45) is 11.5 Å². The van der Waals surface area contributed by atoms with Gasteiger partial charge in [-0.15, -0.1) is 23.7 Å². The van der Waals surface area contributed by atoms with Crippen LogP contribution in [0, 0.1) is 12.1 Å². The summed E-state index contributed by atoms with van der Waals surface area (Å²) in [7, 11) is 3.81. The quantitative estimate of drug-likeness (QED) is 0.0338. The second kappa shape index (κ2) is 36.1. The van der Waals surface area contributed by atoms with Crippen LogP contribution in [-0.2, 0) is 107 Å². The summed E-state index contributed by atoms with van der Waals surface area (Å²) in [6, 6.07) is 37.2. The minimum atomic E-state index is -0.181. The van der Waals surface area contributed by atoms with Gasteiger partial charge in [-0.05, 0) is 62.6 Å². The van der Waals surface area contributed by atoms with Gasteiger partial charge in [0, 0.05) is 132 Å². The van der Waals surface area contributed by atoms with Gasteiger partial charge in [0.1, 0.15) is 34.2 Å². The minimum absolute atomic E-state index is 0. The standard InChI is InChI=1S/C10H10BrNO.C10H10NO.C9H8BrNO.C9H8NO.CH3Cl.CH2O3.2Na.H2O.2Y/c1-12-6-9-5-7-4-8(11)2-3-10(7)13-9;1-11-7-9-6-8-4-2-3-5-10(8)12-9;10-7-1-2-9-6(3-7)4-8(5-11)12-9;10-6-8-5-7-3-1-2-4-9(7)11-8;1-2;2-1-4-3;;;;;/h2-5,12H,6H2,1H3;3-6,11H,7H2,1H3;1-4H,5,11H2;2-5H,6,10H2;1H3;1,3H;;;1H2;;/q;-1;;-1;;;;+1;;;. The normalized spacial score (nSPS) is 9.24. The Labute approximate surface area is 459 Å². The predicted octanol–water partition coefficient (Wildman–Crippen LogP) is 4.20. The number of benzene rings is 4. The van der Waals surface area contributed by atoms with E-state index in [4.69, 9.17) is 39.2 Å². The maximum absolute atomic E-state index is 8.64. The molecule has 59 heavy (non-hydrogen) atoms. The van der Waals surface area contributed by atoms with Crippen molar-refractivity contribution in [1.82, 2.24) is 10.6 Å². The zero-order valence-corrected chi connectivity index (χ0v) is 47.1. The number of furan rings is 4. The Morgan fingerprint density at radius 3 is 1.32 bits per heavy atom. The summed E-state index contributed by atoms with van der Waals surface area (Å²) in [6.45, 7) is 2.27. The van der Waals surface area contributed by atoms with Gasteiger partial charge in [0.05, 0.1) is 26.2 Å². The van der Waals surface area contributed by atoms with Gasteiger partial charge in [-0.25, -0.2) is 0 Å². The van der Waals surface area contributed by atoms with Gasteiger partial charge < -0.3 is 55.4 Å². The van der Waals surface area contributed by atoms with Crippen LogP contribution in [0.25, 0.3) is 43.9 Å². The van der Waals surface area contributed by atoms with Crippen LogP contribution in [0.3, 0.4) is 0 Å². The van der Waals surface area contributed by atoms with Crippen LogP contribution in [0.4, 0.5) is 0 Å².